The number of carbonyl (C=O) groups excluding carboxylic acids is 2. The van der Waals surface area contributed by atoms with Crippen LogP contribution in [0.15, 0.2) is 36.4 Å². The van der Waals surface area contributed by atoms with Crippen molar-refractivity contribution in [2.45, 2.75) is 70.5 Å². The number of carbonyl (C=O) groups is 2. The zero-order chi connectivity index (χ0) is 24.0. The Bertz CT molecular complexity index is 972. The van der Waals surface area contributed by atoms with Gasteiger partial charge in [0.1, 0.15) is 6.04 Å². The number of amides is 2. The number of benzene rings is 2. The molecule has 0 saturated heterocycles. The largest absolute Gasteiger partial charge is 0.352 e. The van der Waals surface area contributed by atoms with E-state index in [2.05, 4.69) is 5.32 Å². The van der Waals surface area contributed by atoms with Gasteiger partial charge in [0.15, 0.2) is 0 Å². The van der Waals surface area contributed by atoms with Gasteiger partial charge >= 0.3 is 0 Å². The molecule has 0 aliphatic heterocycles. The molecule has 4 nitrogen and oxygen atoms in total. The molecule has 1 aliphatic rings. The maximum absolute atomic E-state index is 13.5. The summed E-state index contributed by atoms with van der Waals surface area (Å²) in [4.78, 5) is 28.4. The topological polar surface area (TPSA) is 49.4 Å². The van der Waals surface area contributed by atoms with Gasteiger partial charge in [-0.15, -0.1) is 0 Å². The highest BCUT2D eigenvalue weighted by Gasteiger charge is 2.31. The summed E-state index contributed by atoms with van der Waals surface area (Å²) < 4.78 is 0. The van der Waals surface area contributed by atoms with Crippen molar-refractivity contribution in [3.05, 3.63) is 67.6 Å². The van der Waals surface area contributed by atoms with Gasteiger partial charge in [-0.1, -0.05) is 84.7 Å². The Morgan fingerprint density at radius 3 is 2.27 bits per heavy atom. The maximum atomic E-state index is 13.5. The fraction of sp³-hybridized carbons (Fsp3) is 0.440. The molecule has 2 aromatic rings. The van der Waals surface area contributed by atoms with Gasteiger partial charge < -0.3 is 10.2 Å². The predicted octanol–water partition coefficient (Wildman–Crippen LogP) is 7.10. The molecule has 8 heteroatoms. The molecule has 2 amide bonds. The molecule has 2 aromatic carbocycles. The first-order chi connectivity index (χ1) is 15.8. The zero-order valence-electron chi connectivity index (χ0n) is 18.6. The van der Waals surface area contributed by atoms with E-state index in [1.165, 1.54) is 6.42 Å². The summed E-state index contributed by atoms with van der Waals surface area (Å²) in [5, 5.41) is 4.97. The van der Waals surface area contributed by atoms with Crippen LogP contribution in [0.2, 0.25) is 20.1 Å². The van der Waals surface area contributed by atoms with Crippen molar-refractivity contribution in [1.29, 1.82) is 0 Å². The molecule has 33 heavy (non-hydrogen) atoms. The minimum atomic E-state index is -0.655. The lowest BCUT2D eigenvalue weighted by molar-refractivity contribution is -0.141. The van der Waals surface area contributed by atoms with Gasteiger partial charge in [0, 0.05) is 38.2 Å². The molecule has 1 fully saturated rings. The van der Waals surface area contributed by atoms with Crippen LogP contribution in [-0.2, 0) is 22.6 Å². The number of hydrogen-bond acceptors (Lipinski definition) is 2. The van der Waals surface area contributed by atoms with E-state index in [0.29, 0.717) is 37.6 Å². The zero-order valence-corrected chi connectivity index (χ0v) is 21.6. The van der Waals surface area contributed by atoms with Crippen LogP contribution in [0.1, 0.15) is 56.6 Å². The lowest BCUT2D eigenvalue weighted by Gasteiger charge is -2.33. The lowest BCUT2D eigenvalue weighted by atomic mass is 9.95. The fourth-order valence-electron chi connectivity index (χ4n) is 4.25. The van der Waals surface area contributed by atoms with E-state index in [4.69, 9.17) is 46.4 Å². The molecule has 0 heterocycles. The number of halogens is 4. The normalized spacial score (nSPS) is 15.2. The second-order valence-electron chi connectivity index (χ2n) is 8.40. The van der Waals surface area contributed by atoms with Crippen LogP contribution in [0.25, 0.3) is 0 Å². The standard InChI is InChI=1S/C25H28Cl4N2O2/c1-2-23(25(33)30-18-7-4-3-5-8-18)31(15-19-20(27)9-6-10-21(19)28)24(32)13-16-11-12-17(26)14-22(16)29/h6,9-12,14,18,23H,2-5,7-8,13,15H2,1H3,(H,30,33). The number of nitrogens with zero attached hydrogens (tertiary/aromatic N) is 1. The first-order valence-corrected chi connectivity index (χ1v) is 12.8. The van der Waals surface area contributed by atoms with Gasteiger partial charge in [-0.3, -0.25) is 9.59 Å². The van der Waals surface area contributed by atoms with Crippen LogP contribution in [0.4, 0.5) is 0 Å². The van der Waals surface area contributed by atoms with E-state index in [-0.39, 0.29) is 30.8 Å². The van der Waals surface area contributed by atoms with E-state index in [1.54, 1.807) is 41.3 Å². The molecule has 0 spiro atoms. The van der Waals surface area contributed by atoms with Crippen molar-refractivity contribution in [2.75, 3.05) is 0 Å². The molecule has 3 rings (SSSR count). The van der Waals surface area contributed by atoms with E-state index in [0.717, 1.165) is 25.7 Å². The Morgan fingerprint density at radius 2 is 1.67 bits per heavy atom. The van der Waals surface area contributed by atoms with Crippen molar-refractivity contribution < 1.29 is 9.59 Å². The molecule has 0 aromatic heterocycles. The Labute approximate surface area is 215 Å². The minimum absolute atomic E-state index is 0.0330. The number of nitrogens with one attached hydrogen (secondary N) is 1. The first-order valence-electron chi connectivity index (χ1n) is 11.3. The second kappa shape index (κ2) is 12.3. The molecule has 1 saturated carbocycles. The number of hydrogen-bond donors (Lipinski definition) is 1. The van der Waals surface area contributed by atoms with Crippen LogP contribution < -0.4 is 5.32 Å². The summed E-state index contributed by atoms with van der Waals surface area (Å²) in [5.74, 6) is -0.385. The first kappa shape index (κ1) is 26.2. The SMILES string of the molecule is CCC(C(=O)NC1CCCCC1)N(Cc1c(Cl)cccc1Cl)C(=O)Cc1ccc(Cl)cc1Cl. The molecule has 0 radical (unpaired) electrons. The molecule has 1 unspecified atom stereocenters. The van der Waals surface area contributed by atoms with E-state index >= 15 is 0 Å². The summed E-state index contributed by atoms with van der Waals surface area (Å²) >= 11 is 25.1. The van der Waals surface area contributed by atoms with Crippen LogP contribution in [0.3, 0.4) is 0 Å². The third-order valence-corrected chi connectivity index (χ3v) is 7.38. The molecule has 0 bridgehead atoms. The van der Waals surface area contributed by atoms with Crippen molar-refractivity contribution >= 4 is 58.2 Å². The maximum Gasteiger partial charge on any atom is 0.243 e. The van der Waals surface area contributed by atoms with Crippen molar-refractivity contribution in [1.82, 2.24) is 10.2 Å². The molecule has 1 aliphatic carbocycles. The Morgan fingerprint density at radius 1 is 1.00 bits per heavy atom. The van der Waals surface area contributed by atoms with Gasteiger partial charge in [0.25, 0.3) is 0 Å². The molecule has 1 N–H and O–H groups in total. The summed E-state index contributed by atoms with van der Waals surface area (Å²) in [6, 6.07) is 9.72. The van der Waals surface area contributed by atoms with Crippen LogP contribution in [-0.4, -0.2) is 28.8 Å². The van der Waals surface area contributed by atoms with Gasteiger partial charge in [0.2, 0.25) is 11.8 Å². The summed E-state index contributed by atoms with van der Waals surface area (Å²) in [6.07, 6.45) is 5.83. The van der Waals surface area contributed by atoms with Gasteiger partial charge in [0.05, 0.1) is 6.42 Å². The predicted molar refractivity (Wildman–Crippen MR) is 136 cm³/mol. The molecule has 178 valence electrons. The Balaban J connectivity index is 1.88. The van der Waals surface area contributed by atoms with Gasteiger partial charge in [-0.2, -0.15) is 0 Å². The molecule has 1 atom stereocenters. The van der Waals surface area contributed by atoms with E-state index < -0.39 is 6.04 Å². The highest BCUT2D eigenvalue weighted by molar-refractivity contribution is 6.36. The smallest absolute Gasteiger partial charge is 0.243 e. The number of rotatable bonds is 8. The minimum Gasteiger partial charge on any atom is -0.352 e. The Kier molecular flexibility index (Phi) is 9.75. The summed E-state index contributed by atoms with van der Waals surface area (Å²) in [5.41, 5.74) is 1.25. The highest BCUT2D eigenvalue weighted by atomic mass is 35.5. The van der Waals surface area contributed by atoms with Crippen LogP contribution in [0.5, 0.6) is 0 Å². The average molecular weight is 530 g/mol. The third kappa shape index (κ3) is 7.02. The lowest BCUT2D eigenvalue weighted by Crippen LogP contribution is -2.52. The van der Waals surface area contributed by atoms with Gasteiger partial charge in [-0.05, 0) is 49.1 Å². The fourth-order valence-corrected chi connectivity index (χ4v) is 5.24. The summed E-state index contributed by atoms with van der Waals surface area (Å²) in [6.45, 7) is 2.02. The third-order valence-electron chi connectivity index (χ3n) is 6.08. The van der Waals surface area contributed by atoms with E-state index in [9.17, 15) is 9.59 Å². The van der Waals surface area contributed by atoms with Crippen molar-refractivity contribution in [2.24, 2.45) is 0 Å². The quantitative estimate of drug-likeness (QED) is 0.396. The second-order valence-corrected chi connectivity index (χ2v) is 10.1. The van der Waals surface area contributed by atoms with Crippen LogP contribution >= 0.6 is 46.4 Å². The monoisotopic (exact) mass is 528 g/mol. The van der Waals surface area contributed by atoms with Gasteiger partial charge in [-0.25, -0.2) is 0 Å². The molecular weight excluding hydrogens is 502 g/mol. The average Bonchev–Trinajstić information content (AvgIpc) is 2.78. The highest BCUT2D eigenvalue weighted by Crippen LogP contribution is 2.28. The van der Waals surface area contributed by atoms with Crippen molar-refractivity contribution in [3.8, 4) is 0 Å². The summed E-state index contributed by atoms with van der Waals surface area (Å²) in [7, 11) is 0. The van der Waals surface area contributed by atoms with Crippen LogP contribution in [0, 0.1) is 0 Å². The van der Waals surface area contributed by atoms with E-state index in [1.807, 2.05) is 6.92 Å². The molecular formula is C25H28Cl4N2O2. The van der Waals surface area contributed by atoms with Crippen molar-refractivity contribution in [3.63, 3.8) is 0 Å². The Hall–Kier alpha value is -1.46.